The number of benzene rings is 1. The van der Waals surface area contributed by atoms with Gasteiger partial charge in [0.05, 0.1) is 10.3 Å². The zero-order valence-corrected chi connectivity index (χ0v) is 13.1. The summed E-state index contributed by atoms with van der Waals surface area (Å²) in [4.78, 5) is 18.2. The van der Waals surface area contributed by atoms with Gasteiger partial charge in [0.1, 0.15) is 17.5 Å². The molecule has 1 aliphatic carbocycles. The quantitative estimate of drug-likeness (QED) is 0.942. The molecule has 112 valence electrons. The minimum absolute atomic E-state index is 0.0365. The molecule has 1 aromatic heterocycles. The van der Waals surface area contributed by atoms with E-state index in [0.717, 1.165) is 34.7 Å². The van der Waals surface area contributed by atoms with Crippen molar-refractivity contribution in [1.82, 2.24) is 4.98 Å². The Labute approximate surface area is 133 Å². The van der Waals surface area contributed by atoms with Crippen LogP contribution in [-0.4, -0.2) is 16.8 Å². The molecule has 0 bridgehead atoms. The maximum absolute atomic E-state index is 12.7. The minimum Gasteiger partial charge on any atom is -0.481 e. The summed E-state index contributed by atoms with van der Waals surface area (Å²) in [6.45, 7) is 1.92. The van der Waals surface area contributed by atoms with E-state index in [4.69, 9.17) is 4.74 Å². The molecule has 0 spiro atoms. The van der Waals surface area contributed by atoms with Crippen LogP contribution in [0.1, 0.15) is 24.1 Å². The Kier molecular flexibility index (Phi) is 3.11. The molecule has 4 rings (SSSR count). The fraction of sp³-hybridized carbons (Fsp3) is 0.294. The summed E-state index contributed by atoms with van der Waals surface area (Å²) in [6, 6.07) is 11.7. The molecule has 1 fully saturated rings. The number of aromatic nitrogens is 1. The van der Waals surface area contributed by atoms with E-state index in [-0.39, 0.29) is 5.91 Å². The van der Waals surface area contributed by atoms with E-state index < -0.39 is 5.41 Å². The number of amides is 1. The van der Waals surface area contributed by atoms with Crippen LogP contribution >= 0.6 is 11.8 Å². The Balaban J connectivity index is 1.60. The van der Waals surface area contributed by atoms with Crippen LogP contribution in [0.3, 0.4) is 0 Å². The summed E-state index contributed by atoms with van der Waals surface area (Å²) in [5, 5.41) is 2.96. The van der Waals surface area contributed by atoms with Gasteiger partial charge in [-0.2, -0.15) is 0 Å². The van der Waals surface area contributed by atoms with Gasteiger partial charge in [0.2, 0.25) is 5.91 Å². The van der Waals surface area contributed by atoms with Crippen molar-refractivity contribution in [2.24, 2.45) is 0 Å². The van der Waals surface area contributed by atoms with Crippen molar-refractivity contribution in [3.63, 3.8) is 0 Å². The summed E-state index contributed by atoms with van der Waals surface area (Å²) in [6.07, 6.45) is 1.77. The Morgan fingerprint density at radius 3 is 2.95 bits per heavy atom. The Morgan fingerprint density at radius 1 is 1.32 bits per heavy atom. The van der Waals surface area contributed by atoms with Crippen molar-refractivity contribution in [2.45, 2.75) is 30.1 Å². The highest BCUT2D eigenvalue weighted by atomic mass is 32.2. The highest BCUT2D eigenvalue weighted by molar-refractivity contribution is 7.99. The van der Waals surface area contributed by atoms with Crippen molar-refractivity contribution in [2.75, 3.05) is 11.3 Å². The van der Waals surface area contributed by atoms with E-state index in [1.165, 1.54) is 0 Å². The number of ether oxygens (including phenoxy) is 1. The van der Waals surface area contributed by atoms with Gasteiger partial charge in [-0.3, -0.25) is 4.79 Å². The van der Waals surface area contributed by atoms with Gasteiger partial charge in [-0.05, 0) is 49.6 Å². The molecule has 1 saturated carbocycles. The standard InChI is InChI=1S/C17H16N2O2S/c1-11-3-2-4-15(18-11)19-16(20)17(7-8-17)12-5-6-13-14(9-12)22-10-21-13/h2-6,9H,7-8,10H2,1H3,(H,18,19,20). The number of carbonyl (C=O) groups excluding carboxylic acids is 1. The summed E-state index contributed by atoms with van der Waals surface area (Å²) in [7, 11) is 0. The fourth-order valence-electron chi connectivity index (χ4n) is 2.81. The van der Waals surface area contributed by atoms with Crippen LogP contribution in [0.25, 0.3) is 0 Å². The molecule has 4 nitrogen and oxygen atoms in total. The highest BCUT2D eigenvalue weighted by Gasteiger charge is 2.51. The number of nitrogens with one attached hydrogen (secondary N) is 1. The summed E-state index contributed by atoms with van der Waals surface area (Å²) in [5.41, 5.74) is 1.58. The van der Waals surface area contributed by atoms with Crippen molar-refractivity contribution >= 4 is 23.5 Å². The molecule has 0 radical (unpaired) electrons. The van der Waals surface area contributed by atoms with E-state index in [1.807, 2.05) is 37.3 Å². The molecule has 2 aromatic rings. The summed E-state index contributed by atoms with van der Waals surface area (Å²) >= 11 is 1.68. The molecular weight excluding hydrogens is 296 g/mol. The molecular formula is C17H16N2O2S. The van der Waals surface area contributed by atoms with E-state index >= 15 is 0 Å². The third kappa shape index (κ3) is 2.25. The zero-order valence-electron chi connectivity index (χ0n) is 12.3. The molecule has 0 unspecified atom stereocenters. The molecule has 1 N–H and O–H groups in total. The van der Waals surface area contributed by atoms with Gasteiger partial charge in [0, 0.05) is 5.69 Å². The predicted molar refractivity (Wildman–Crippen MR) is 86.3 cm³/mol. The SMILES string of the molecule is Cc1cccc(NC(=O)C2(c3ccc4c(c3)SCO4)CC2)n1. The number of anilines is 1. The molecule has 1 aromatic carbocycles. The predicted octanol–water partition coefficient (Wildman–Crippen LogP) is 3.50. The van der Waals surface area contributed by atoms with Gasteiger partial charge in [0.25, 0.3) is 0 Å². The lowest BCUT2D eigenvalue weighted by atomic mass is 9.95. The molecule has 1 amide bonds. The second-order valence-corrected chi connectivity index (χ2v) is 6.73. The van der Waals surface area contributed by atoms with Crippen molar-refractivity contribution < 1.29 is 9.53 Å². The normalized spacial score (nSPS) is 17.5. The number of hydrogen-bond donors (Lipinski definition) is 1. The third-order valence-corrected chi connectivity index (χ3v) is 5.11. The van der Waals surface area contributed by atoms with Crippen molar-refractivity contribution in [1.29, 1.82) is 0 Å². The first-order chi connectivity index (χ1) is 10.7. The largest absolute Gasteiger partial charge is 0.481 e. The first kappa shape index (κ1) is 13.6. The fourth-order valence-corrected chi connectivity index (χ4v) is 3.61. The number of pyridine rings is 1. The second-order valence-electron chi connectivity index (χ2n) is 5.77. The molecule has 0 atom stereocenters. The average Bonchev–Trinajstić information content (AvgIpc) is 3.19. The molecule has 2 heterocycles. The number of thioether (sulfide) groups is 1. The van der Waals surface area contributed by atoms with Crippen molar-refractivity contribution in [3.8, 4) is 5.75 Å². The van der Waals surface area contributed by atoms with Crippen LogP contribution in [0.4, 0.5) is 5.82 Å². The van der Waals surface area contributed by atoms with Gasteiger partial charge in [-0.15, -0.1) is 0 Å². The van der Waals surface area contributed by atoms with E-state index in [1.54, 1.807) is 11.8 Å². The molecule has 0 saturated heterocycles. The molecule has 22 heavy (non-hydrogen) atoms. The number of hydrogen-bond acceptors (Lipinski definition) is 4. The Hall–Kier alpha value is -2.01. The number of rotatable bonds is 3. The number of fused-ring (bicyclic) bond motifs is 1. The first-order valence-electron chi connectivity index (χ1n) is 7.33. The topological polar surface area (TPSA) is 51.2 Å². The lowest BCUT2D eigenvalue weighted by Crippen LogP contribution is -2.28. The van der Waals surface area contributed by atoms with E-state index in [0.29, 0.717) is 11.8 Å². The maximum Gasteiger partial charge on any atom is 0.236 e. The van der Waals surface area contributed by atoms with Gasteiger partial charge < -0.3 is 10.1 Å². The van der Waals surface area contributed by atoms with Crippen LogP contribution in [0.15, 0.2) is 41.3 Å². The minimum atomic E-state index is -0.399. The summed E-state index contributed by atoms with van der Waals surface area (Å²) < 4.78 is 5.51. The number of carbonyl (C=O) groups is 1. The van der Waals surface area contributed by atoms with Crippen LogP contribution < -0.4 is 10.1 Å². The van der Waals surface area contributed by atoms with Crippen molar-refractivity contribution in [3.05, 3.63) is 47.7 Å². The zero-order chi connectivity index (χ0) is 15.2. The van der Waals surface area contributed by atoms with Gasteiger partial charge in [-0.1, -0.05) is 23.9 Å². The first-order valence-corrected chi connectivity index (χ1v) is 8.31. The van der Waals surface area contributed by atoms with Gasteiger partial charge in [0.15, 0.2) is 0 Å². The lowest BCUT2D eigenvalue weighted by molar-refractivity contribution is -0.118. The van der Waals surface area contributed by atoms with E-state index in [9.17, 15) is 4.79 Å². The highest BCUT2D eigenvalue weighted by Crippen LogP contribution is 2.51. The Morgan fingerprint density at radius 2 is 2.18 bits per heavy atom. The van der Waals surface area contributed by atoms with Crippen LogP contribution in [-0.2, 0) is 10.2 Å². The van der Waals surface area contributed by atoms with Gasteiger partial charge in [-0.25, -0.2) is 4.98 Å². The smallest absolute Gasteiger partial charge is 0.236 e. The van der Waals surface area contributed by atoms with Crippen LogP contribution in [0, 0.1) is 6.92 Å². The molecule has 2 aliphatic rings. The maximum atomic E-state index is 12.7. The van der Waals surface area contributed by atoms with Crippen LogP contribution in [0.2, 0.25) is 0 Å². The van der Waals surface area contributed by atoms with Crippen LogP contribution in [0.5, 0.6) is 5.75 Å². The lowest BCUT2D eigenvalue weighted by Gasteiger charge is -2.16. The third-order valence-electron chi connectivity index (χ3n) is 4.24. The van der Waals surface area contributed by atoms with Gasteiger partial charge >= 0.3 is 0 Å². The second kappa shape index (κ2) is 5.02. The molecule has 5 heteroatoms. The monoisotopic (exact) mass is 312 g/mol. The Bertz CT molecular complexity index is 756. The number of aryl methyl sites for hydroxylation is 1. The number of nitrogens with zero attached hydrogens (tertiary/aromatic N) is 1. The van der Waals surface area contributed by atoms with E-state index in [2.05, 4.69) is 16.4 Å². The average molecular weight is 312 g/mol. The molecule has 1 aliphatic heterocycles. The summed E-state index contributed by atoms with van der Waals surface area (Å²) in [5.74, 6) is 2.24.